The Bertz CT molecular complexity index is 1010. The molecule has 0 aliphatic carbocycles. The molecule has 0 atom stereocenters. The highest BCUT2D eigenvalue weighted by atomic mass is 16.6. The molecule has 2 aromatic carbocycles. The van der Waals surface area contributed by atoms with Crippen LogP contribution in [0.3, 0.4) is 0 Å². The number of nitro groups is 1. The fourth-order valence-corrected chi connectivity index (χ4v) is 3.20. The third-order valence-electron chi connectivity index (χ3n) is 4.50. The van der Waals surface area contributed by atoms with E-state index in [1.807, 2.05) is 49.2 Å². The van der Waals surface area contributed by atoms with Gasteiger partial charge < -0.3 is 16.4 Å². The summed E-state index contributed by atoms with van der Waals surface area (Å²) in [4.78, 5) is 21.4. The molecule has 3 rings (SSSR count). The van der Waals surface area contributed by atoms with Crippen LogP contribution in [0.2, 0.25) is 0 Å². The van der Waals surface area contributed by atoms with Crippen molar-refractivity contribution in [2.24, 2.45) is 0 Å². The molecule has 1 aromatic heterocycles. The molecule has 0 aliphatic heterocycles. The van der Waals surface area contributed by atoms with Crippen molar-refractivity contribution in [2.45, 2.75) is 19.9 Å². The van der Waals surface area contributed by atoms with Gasteiger partial charge in [-0.1, -0.05) is 37.3 Å². The molecule has 0 radical (unpaired) electrons. The molecule has 144 valence electrons. The second-order valence-corrected chi connectivity index (χ2v) is 6.44. The monoisotopic (exact) mass is 378 g/mol. The van der Waals surface area contributed by atoms with E-state index in [9.17, 15) is 10.1 Å². The van der Waals surface area contributed by atoms with Gasteiger partial charge in [0.25, 0.3) is 5.69 Å². The van der Waals surface area contributed by atoms with E-state index in [1.165, 1.54) is 6.07 Å². The first kappa shape index (κ1) is 19.1. The van der Waals surface area contributed by atoms with Gasteiger partial charge in [0.05, 0.1) is 10.6 Å². The third kappa shape index (κ3) is 3.85. The number of nitrogens with two attached hydrogens (primary N) is 2. The topological polar surface area (TPSA) is 124 Å². The van der Waals surface area contributed by atoms with E-state index in [2.05, 4.69) is 9.97 Å². The first-order chi connectivity index (χ1) is 13.4. The van der Waals surface area contributed by atoms with Gasteiger partial charge in [-0.15, -0.1) is 0 Å². The maximum atomic E-state index is 11.6. The summed E-state index contributed by atoms with van der Waals surface area (Å²) in [6.07, 6.45) is 0.610. The minimum Gasteiger partial charge on any atom is -0.383 e. The Morgan fingerprint density at radius 3 is 2.46 bits per heavy atom. The Kier molecular flexibility index (Phi) is 5.39. The van der Waals surface area contributed by atoms with Crippen LogP contribution in [0.4, 0.5) is 23.1 Å². The molecule has 28 heavy (non-hydrogen) atoms. The van der Waals surface area contributed by atoms with Crippen LogP contribution in [0, 0.1) is 10.1 Å². The summed E-state index contributed by atoms with van der Waals surface area (Å²) in [6, 6.07) is 14.7. The SMILES string of the molecule is CCc1nc(N)nc(N)c1-c1ccc([N+](=O)[O-])c(N(C)Cc2ccccc2)c1. The summed E-state index contributed by atoms with van der Waals surface area (Å²) in [6.45, 7) is 2.47. The van der Waals surface area contributed by atoms with E-state index in [4.69, 9.17) is 11.5 Å². The molecule has 0 unspecified atom stereocenters. The molecule has 0 spiro atoms. The minimum absolute atomic E-state index is 0.0233. The van der Waals surface area contributed by atoms with E-state index in [0.717, 1.165) is 11.1 Å². The Labute approximate surface area is 163 Å². The molecular formula is C20H22N6O2. The standard InChI is InChI=1S/C20H22N6O2/c1-3-15-18(19(21)24-20(22)23-15)14-9-10-16(26(27)28)17(11-14)25(2)12-13-7-5-4-6-8-13/h4-11H,3,12H2,1-2H3,(H4,21,22,23,24). The number of benzene rings is 2. The van der Waals surface area contributed by atoms with Gasteiger partial charge in [-0.3, -0.25) is 10.1 Å². The van der Waals surface area contributed by atoms with Gasteiger partial charge in [-0.05, 0) is 29.7 Å². The number of nitrogen functional groups attached to an aromatic ring is 2. The summed E-state index contributed by atoms with van der Waals surface area (Å²) in [7, 11) is 1.82. The largest absolute Gasteiger partial charge is 0.383 e. The molecule has 4 N–H and O–H groups in total. The van der Waals surface area contributed by atoms with Gasteiger partial charge >= 0.3 is 0 Å². The van der Waals surface area contributed by atoms with E-state index in [0.29, 0.717) is 29.9 Å². The maximum Gasteiger partial charge on any atom is 0.292 e. The molecule has 0 saturated heterocycles. The summed E-state index contributed by atoms with van der Waals surface area (Å²) in [5.74, 6) is 0.372. The van der Waals surface area contributed by atoms with Gasteiger partial charge in [-0.2, -0.15) is 4.98 Å². The third-order valence-corrected chi connectivity index (χ3v) is 4.50. The highest BCUT2D eigenvalue weighted by molar-refractivity contribution is 5.81. The van der Waals surface area contributed by atoms with Crippen molar-refractivity contribution < 1.29 is 4.92 Å². The lowest BCUT2D eigenvalue weighted by Gasteiger charge is -2.21. The first-order valence-corrected chi connectivity index (χ1v) is 8.86. The van der Waals surface area contributed by atoms with Crippen molar-refractivity contribution in [3.8, 4) is 11.1 Å². The molecule has 0 fully saturated rings. The number of hydrogen-bond acceptors (Lipinski definition) is 7. The van der Waals surface area contributed by atoms with Crippen LogP contribution in [0.25, 0.3) is 11.1 Å². The van der Waals surface area contributed by atoms with Crippen LogP contribution >= 0.6 is 0 Å². The van der Waals surface area contributed by atoms with Crippen molar-refractivity contribution >= 4 is 23.1 Å². The molecule has 0 amide bonds. The zero-order valence-corrected chi connectivity index (χ0v) is 15.8. The van der Waals surface area contributed by atoms with Crippen molar-refractivity contribution in [3.05, 3.63) is 69.9 Å². The summed E-state index contributed by atoms with van der Waals surface area (Å²) >= 11 is 0. The fourth-order valence-electron chi connectivity index (χ4n) is 3.20. The molecule has 8 heteroatoms. The molecular weight excluding hydrogens is 356 g/mol. The van der Waals surface area contributed by atoms with Gasteiger partial charge in [-0.25, -0.2) is 4.98 Å². The van der Waals surface area contributed by atoms with Crippen LogP contribution in [0.1, 0.15) is 18.2 Å². The van der Waals surface area contributed by atoms with Gasteiger partial charge in [0.1, 0.15) is 11.5 Å². The predicted octanol–water partition coefficient (Wildman–Crippen LogP) is 3.42. The van der Waals surface area contributed by atoms with Crippen molar-refractivity contribution in [1.29, 1.82) is 0 Å². The minimum atomic E-state index is -0.385. The van der Waals surface area contributed by atoms with Crippen molar-refractivity contribution in [2.75, 3.05) is 23.4 Å². The fraction of sp³-hybridized carbons (Fsp3) is 0.200. The molecule has 0 saturated carbocycles. The highest BCUT2D eigenvalue weighted by Crippen LogP contribution is 2.36. The Balaban J connectivity index is 2.09. The predicted molar refractivity (Wildman–Crippen MR) is 111 cm³/mol. The van der Waals surface area contributed by atoms with E-state index in [-0.39, 0.29) is 22.4 Å². The van der Waals surface area contributed by atoms with Crippen LogP contribution < -0.4 is 16.4 Å². The second kappa shape index (κ2) is 7.91. The number of aryl methyl sites for hydroxylation is 1. The summed E-state index contributed by atoms with van der Waals surface area (Å²) < 4.78 is 0. The smallest absolute Gasteiger partial charge is 0.292 e. The Hall–Kier alpha value is -3.68. The number of nitro benzene ring substituents is 1. The normalized spacial score (nSPS) is 10.6. The van der Waals surface area contributed by atoms with E-state index >= 15 is 0 Å². The number of hydrogen-bond donors (Lipinski definition) is 2. The van der Waals surface area contributed by atoms with Crippen molar-refractivity contribution in [3.63, 3.8) is 0 Å². The molecule has 8 nitrogen and oxygen atoms in total. The number of rotatable bonds is 6. The maximum absolute atomic E-state index is 11.6. The zero-order valence-electron chi connectivity index (χ0n) is 15.8. The lowest BCUT2D eigenvalue weighted by atomic mass is 10.0. The van der Waals surface area contributed by atoms with Gasteiger partial charge in [0.15, 0.2) is 0 Å². The van der Waals surface area contributed by atoms with Gasteiger partial charge in [0.2, 0.25) is 5.95 Å². The first-order valence-electron chi connectivity index (χ1n) is 8.86. The van der Waals surface area contributed by atoms with Crippen molar-refractivity contribution in [1.82, 2.24) is 9.97 Å². The van der Waals surface area contributed by atoms with E-state index < -0.39 is 0 Å². The summed E-state index contributed by atoms with van der Waals surface area (Å²) in [5, 5.41) is 11.6. The molecule has 0 aliphatic rings. The molecule has 3 aromatic rings. The second-order valence-electron chi connectivity index (χ2n) is 6.44. The quantitative estimate of drug-likeness (QED) is 0.497. The summed E-state index contributed by atoms with van der Waals surface area (Å²) in [5.41, 5.74) is 15.4. The van der Waals surface area contributed by atoms with E-state index in [1.54, 1.807) is 12.1 Å². The molecule has 1 heterocycles. The average molecular weight is 378 g/mol. The van der Waals surface area contributed by atoms with Crippen LogP contribution in [-0.2, 0) is 13.0 Å². The van der Waals surface area contributed by atoms with Gasteiger partial charge in [0, 0.05) is 25.2 Å². The Morgan fingerprint density at radius 1 is 1.11 bits per heavy atom. The number of aromatic nitrogens is 2. The number of anilines is 3. The zero-order chi connectivity index (χ0) is 20.3. The van der Waals surface area contributed by atoms with Crippen LogP contribution in [-0.4, -0.2) is 21.9 Å². The highest BCUT2D eigenvalue weighted by Gasteiger charge is 2.21. The average Bonchev–Trinajstić information content (AvgIpc) is 2.67. The Morgan fingerprint density at radius 2 is 1.82 bits per heavy atom. The lowest BCUT2D eigenvalue weighted by molar-refractivity contribution is -0.384. The molecule has 0 bridgehead atoms. The van der Waals surface area contributed by atoms with Crippen LogP contribution in [0.5, 0.6) is 0 Å². The number of nitrogens with zero attached hydrogens (tertiary/aromatic N) is 4. The lowest BCUT2D eigenvalue weighted by Crippen LogP contribution is -2.18. The van der Waals surface area contributed by atoms with Crippen LogP contribution in [0.15, 0.2) is 48.5 Å².